The largest absolute Gasteiger partial charge is 0.493 e. The molecular formula is C26H30N4O4S. The number of hydrogen-bond acceptors (Lipinski definition) is 8. The summed E-state index contributed by atoms with van der Waals surface area (Å²) in [6.07, 6.45) is 1.01. The Kier molecular flexibility index (Phi) is 7.65. The van der Waals surface area contributed by atoms with Crippen molar-refractivity contribution in [2.24, 2.45) is 0 Å². The lowest BCUT2D eigenvalue weighted by Crippen LogP contribution is -2.29. The van der Waals surface area contributed by atoms with Crippen LogP contribution >= 0.6 is 11.8 Å². The molecule has 0 spiro atoms. The predicted octanol–water partition coefficient (Wildman–Crippen LogP) is 5.14. The minimum absolute atomic E-state index is 0.418. The van der Waals surface area contributed by atoms with Gasteiger partial charge in [0.05, 0.1) is 19.8 Å². The van der Waals surface area contributed by atoms with Crippen molar-refractivity contribution in [1.29, 1.82) is 0 Å². The van der Waals surface area contributed by atoms with Crippen LogP contribution in [0.1, 0.15) is 43.0 Å². The SMILES string of the molecule is CCCSc1nc2n(n1)C(c1ccc(OCc3ccc(C)cc3)c(OC)c1)C(C(=O)OC)=C(C)N2. The number of allylic oxidation sites excluding steroid dienone is 1. The van der Waals surface area contributed by atoms with Gasteiger partial charge in [-0.1, -0.05) is 54.6 Å². The Morgan fingerprint density at radius 3 is 2.57 bits per heavy atom. The van der Waals surface area contributed by atoms with Gasteiger partial charge in [-0.3, -0.25) is 0 Å². The summed E-state index contributed by atoms with van der Waals surface area (Å²) >= 11 is 1.58. The summed E-state index contributed by atoms with van der Waals surface area (Å²) < 4.78 is 18.6. The molecule has 2 heterocycles. The second kappa shape index (κ2) is 10.9. The highest BCUT2D eigenvalue weighted by atomic mass is 32.2. The van der Waals surface area contributed by atoms with Crippen molar-refractivity contribution in [3.8, 4) is 11.5 Å². The number of methoxy groups -OCH3 is 2. The molecule has 0 amide bonds. The van der Waals surface area contributed by atoms with E-state index in [0.29, 0.717) is 40.5 Å². The lowest BCUT2D eigenvalue weighted by molar-refractivity contribution is -0.136. The van der Waals surface area contributed by atoms with E-state index in [2.05, 4.69) is 36.3 Å². The number of aromatic nitrogens is 3. The Labute approximate surface area is 209 Å². The van der Waals surface area contributed by atoms with Crippen LogP contribution in [0.2, 0.25) is 0 Å². The van der Waals surface area contributed by atoms with E-state index < -0.39 is 12.0 Å². The summed E-state index contributed by atoms with van der Waals surface area (Å²) in [5.74, 6) is 2.24. The number of benzene rings is 2. The molecule has 35 heavy (non-hydrogen) atoms. The first-order valence-electron chi connectivity index (χ1n) is 11.5. The lowest BCUT2D eigenvalue weighted by atomic mass is 9.95. The summed E-state index contributed by atoms with van der Waals surface area (Å²) in [6.45, 7) is 6.42. The molecule has 0 saturated carbocycles. The van der Waals surface area contributed by atoms with Crippen molar-refractivity contribution in [2.75, 3.05) is 25.3 Å². The third kappa shape index (κ3) is 5.30. The van der Waals surface area contributed by atoms with Gasteiger partial charge in [0.25, 0.3) is 0 Å². The van der Waals surface area contributed by atoms with Gasteiger partial charge >= 0.3 is 5.97 Å². The number of thioether (sulfide) groups is 1. The monoisotopic (exact) mass is 494 g/mol. The molecule has 2 aromatic carbocycles. The van der Waals surface area contributed by atoms with E-state index in [0.717, 1.165) is 23.3 Å². The summed E-state index contributed by atoms with van der Waals surface area (Å²) in [4.78, 5) is 17.4. The van der Waals surface area contributed by atoms with Crippen LogP contribution in [0, 0.1) is 6.92 Å². The zero-order valence-electron chi connectivity index (χ0n) is 20.6. The number of anilines is 1. The second-order valence-electron chi connectivity index (χ2n) is 8.25. The van der Waals surface area contributed by atoms with Crippen molar-refractivity contribution in [3.63, 3.8) is 0 Å². The van der Waals surface area contributed by atoms with Crippen molar-refractivity contribution < 1.29 is 19.0 Å². The molecule has 9 heteroatoms. The molecule has 0 radical (unpaired) electrons. The van der Waals surface area contributed by atoms with Crippen molar-refractivity contribution in [3.05, 3.63) is 70.4 Å². The Morgan fingerprint density at radius 2 is 1.89 bits per heavy atom. The van der Waals surface area contributed by atoms with Crippen LogP contribution in [0.4, 0.5) is 5.95 Å². The van der Waals surface area contributed by atoms with Gasteiger partial charge in [0, 0.05) is 11.4 Å². The number of rotatable bonds is 9. The van der Waals surface area contributed by atoms with E-state index in [1.165, 1.54) is 12.7 Å². The molecular weight excluding hydrogens is 464 g/mol. The zero-order valence-corrected chi connectivity index (χ0v) is 21.4. The number of nitrogens with zero attached hydrogens (tertiary/aromatic N) is 3. The third-order valence-corrected chi connectivity index (χ3v) is 6.74. The topological polar surface area (TPSA) is 87.5 Å². The Balaban J connectivity index is 1.69. The van der Waals surface area contributed by atoms with Crippen LogP contribution in [-0.4, -0.2) is 40.7 Å². The predicted molar refractivity (Wildman–Crippen MR) is 136 cm³/mol. The number of fused-ring (bicyclic) bond motifs is 1. The number of esters is 1. The fourth-order valence-electron chi connectivity index (χ4n) is 3.89. The molecule has 0 bridgehead atoms. The van der Waals surface area contributed by atoms with Crippen LogP contribution in [-0.2, 0) is 16.1 Å². The van der Waals surface area contributed by atoms with Crippen molar-refractivity contribution >= 4 is 23.7 Å². The summed E-state index contributed by atoms with van der Waals surface area (Å²) in [7, 11) is 2.98. The van der Waals surface area contributed by atoms with E-state index >= 15 is 0 Å². The first-order valence-corrected chi connectivity index (χ1v) is 12.5. The highest BCUT2D eigenvalue weighted by molar-refractivity contribution is 7.99. The molecule has 184 valence electrons. The highest BCUT2D eigenvalue weighted by Crippen LogP contribution is 2.40. The van der Waals surface area contributed by atoms with Crippen molar-refractivity contribution in [2.45, 2.75) is 45.0 Å². The molecule has 0 saturated heterocycles. The lowest BCUT2D eigenvalue weighted by Gasteiger charge is -2.28. The van der Waals surface area contributed by atoms with Gasteiger partial charge < -0.3 is 19.5 Å². The van der Waals surface area contributed by atoms with Gasteiger partial charge in [0.15, 0.2) is 11.5 Å². The van der Waals surface area contributed by atoms with E-state index in [1.807, 2.05) is 37.3 Å². The first kappa shape index (κ1) is 24.7. The average Bonchev–Trinajstić information content (AvgIpc) is 3.28. The van der Waals surface area contributed by atoms with Crippen LogP contribution in [0.15, 0.2) is 58.9 Å². The summed E-state index contributed by atoms with van der Waals surface area (Å²) in [5.41, 5.74) is 4.21. The van der Waals surface area contributed by atoms with Gasteiger partial charge in [-0.25, -0.2) is 9.48 Å². The van der Waals surface area contributed by atoms with Crippen molar-refractivity contribution in [1.82, 2.24) is 14.8 Å². The van der Waals surface area contributed by atoms with Crippen LogP contribution in [0.3, 0.4) is 0 Å². The smallest absolute Gasteiger partial charge is 0.338 e. The number of aryl methyl sites for hydroxylation is 1. The Bertz CT molecular complexity index is 1240. The highest BCUT2D eigenvalue weighted by Gasteiger charge is 2.35. The second-order valence-corrected chi connectivity index (χ2v) is 9.32. The van der Waals surface area contributed by atoms with Gasteiger partial charge in [-0.05, 0) is 43.5 Å². The normalized spacial score (nSPS) is 14.8. The van der Waals surface area contributed by atoms with Crippen LogP contribution < -0.4 is 14.8 Å². The minimum Gasteiger partial charge on any atom is -0.493 e. The van der Waals surface area contributed by atoms with Crippen LogP contribution in [0.5, 0.6) is 11.5 Å². The number of carbonyl (C=O) groups is 1. The number of carbonyl (C=O) groups excluding carboxylic acids is 1. The molecule has 8 nitrogen and oxygen atoms in total. The average molecular weight is 495 g/mol. The molecule has 1 aliphatic heterocycles. The number of nitrogens with one attached hydrogen (secondary N) is 1. The molecule has 4 rings (SSSR count). The standard InChI is InChI=1S/C26H30N4O4S/c1-6-13-35-26-28-25-27-17(3)22(24(31)33-5)23(30(25)29-26)19-11-12-20(21(14-19)32-4)34-15-18-9-7-16(2)8-10-18/h7-12,14,23H,6,13,15H2,1-5H3,(H,27,28,29). The van der Waals surface area contributed by atoms with Gasteiger partial charge in [-0.2, -0.15) is 4.98 Å². The van der Waals surface area contributed by atoms with E-state index in [-0.39, 0.29) is 0 Å². The maximum Gasteiger partial charge on any atom is 0.338 e. The zero-order chi connectivity index (χ0) is 24.9. The van der Waals surface area contributed by atoms with Gasteiger partial charge in [-0.15, -0.1) is 5.10 Å². The molecule has 1 aromatic heterocycles. The molecule has 1 aliphatic rings. The minimum atomic E-state index is -0.526. The molecule has 3 aromatic rings. The van der Waals surface area contributed by atoms with Gasteiger partial charge in [0.1, 0.15) is 12.6 Å². The van der Waals surface area contributed by atoms with E-state index in [9.17, 15) is 4.79 Å². The Hall–Kier alpha value is -3.46. The quantitative estimate of drug-likeness (QED) is 0.323. The summed E-state index contributed by atoms with van der Waals surface area (Å²) in [6, 6.07) is 13.3. The van der Waals surface area contributed by atoms with E-state index in [4.69, 9.17) is 19.3 Å². The number of ether oxygens (including phenoxy) is 3. The molecule has 1 N–H and O–H groups in total. The maximum atomic E-state index is 12.8. The summed E-state index contributed by atoms with van der Waals surface area (Å²) in [5, 5.41) is 8.56. The maximum absolute atomic E-state index is 12.8. The third-order valence-electron chi connectivity index (χ3n) is 5.69. The molecule has 1 unspecified atom stereocenters. The fourth-order valence-corrected chi connectivity index (χ4v) is 4.57. The number of hydrogen-bond donors (Lipinski definition) is 1. The van der Waals surface area contributed by atoms with E-state index in [1.54, 1.807) is 23.6 Å². The molecule has 0 aliphatic carbocycles. The fraction of sp³-hybridized carbons (Fsp3) is 0.346. The molecule has 0 fully saturated rings. The Morgan fingerprint density at radius 1 is 1.11 bits per heavy atom. The van der Waals surface area contributed by atoms with Gasteiger partial charge in [0.2, 0.25) is 11.1 Å². The van der Waals surface area contributed by atoms with Crippen LogP contribution in [0.25, 0.3) is 0 Å². The molecule has 1 atom stereocenters. The first-order chi connectivity index (χ1) is 16.9.